The van der Waals surface area contributed by atoms with Gasteiger partial charge in [0.15, 0.2) is 6.61 Å². The fourth-order valence-electron chi connectivity index (χ4n) is 0.294. The zero-order valence-corrected chi connectivity index (χ0v) is 6.30. The first-order valence-electron chi connectivity index (χ1n) is 2.69. The summed E-state index contributed by atoms with van der Waals surface area (Å²) in [5, 5.41) is 0. The van der Waals surface area contributed by atoms with Crippen molar-refractivity contribution < 1.29 is 9.53 Å². The third-order valence-corrected chi connectivity index (χ3v) is 1.19. The molecule has 0 aromatic heterocycles. The fourth-order valence-corrected chi connectivity index (χ4v) is 0.443. The van der Waals surface area contributed by atoms with E-state index in [9.17, 15) is 4.79 Å². The van der Waals surface area contributed by atoms with Crippen LogP contribution in [0.3, 0.4) is 0 Å². The van der Waals surface area contributed by atoms with Gasteiger partial charge in [-0.05, 0) is 0 Å². The van der Waals surface area contributed by atoms with Gasteiger partial charge in [-0.2, -0.15) is 12.6 Å². The zero-order valence-electron chi connectivity index (χ0n) is 5.41. The van der Waals surface area contributed by atoms with Crippen LogP contribution in [0.25, 0.3) is 0 Å². The average Bonchev–Trinajstić information content (AvgIpc) is 1.98. The molecule has 0 bridgehead atoms. The number of terminal acetylenes is 1. The summed E-state index contributed by atoms with van der Waals surface area (Å²) in [5.74, 6) is 1.91. The van der Waals surface area contributed by atoms with Gasteiger partial charge < -0.3 is 10.5 Å². The zero-order chi connectivity index (χ0) is 7.98. The number of hydrogen-bond acceptors (Lipinski definition) is 4. The molecule has 0 aromatic carbocycles. The molecule has 0 saturated heterocycles. The Bertz CT molecular complexity index is 152. The van der Waals surface area contributed by atoms with Crippen LogP contribution in [0.5, 0.6) is 0 Å². The van der Waals surface area contributed by atoms with Gasteiger partial charge in [0.05, 0.1) is 0 Å². The van der Waals surface area contributed by atoms with Crippen LogP contribution in [0, 0.1) is 12.3 Å². The quantitative estimate of drug-likeness (QED) is 0.329. The van der Waals surface area contributed by atoms with Crippen LogP contribution < -0.4 is 5.73 Å². The summed E-state index contributed by atoms with van der Waals surface area (Å²) in [7, 11) is 0. The van der Waals surface area contributed by atoms with Crippen molar-refractivity contribution in [3.05, 3.63) is 0 Å². The van der Waals surface area contributed by atoms with E-state index in [0.29, 0.717) is 0 Å². The second kappa shape index (κ2) is 5.15. The minimum absolute atomic E-state index is 0.0275. The standard InChI is InChI=1S/C6H9NO2S/c1-2-3-9-6(8)5(7)4-10/h1,5,10H,3-4,7H2. The normalized spacial score (nSPS) is 11.7. The molecule has 0 rings (SSSR count). The Morgan fingerprint density at radius 1 is 1.90 bits per heavy atom. The molecular weight excluding hydrogens is 150 g/mol. The Labute approximate surface area is 65.3 Å². The summed E-state index contributed by atoms with van der Waals surface area (Å²) in [6.07, 6.45) is 4.83. The summed E-state index contributed by atoms with van der Waals surface area (Å²) >= 11 is 3.80. The van der Waals surface area contributed by atoms with Crippen molar-refractivity contribution >= 4 is 18.6 Å². The molecule has 0 spiro atoms. The van der Waals surface area contributed by atoms with Gasteiger partial charge in [-0.1, -0.05) is 5.92 Å². The number of ether oxygens (including phenoxy) is 1. The molecule has 0 aromatic rings. The monoisotopic (exact) mass is 159 g/mol. The van der Waals surface area contributed by atoms with Crippen LogP contribution in [-0.2, 0) is 9.53 Å². The van der Waals surface area contributed by atoms with Crippen molar-refractivity contribution in [2.75, 3.05) is 12.4 Å². The Kier molecular flexibility index (Phi) is 4.81. The van der Waals surface area contributed by atoms with E-state index in [1.165, 1.54) is 0 Å². The molecule has 1 atom stereocenters. The molecule has 0 saturated carbocycles. The van der Waals surface area contributed by atoms with Crippen molar-refractivity contribution in [3.63, 3.8) is 0 Å². The topological polar surface area (TPSA) is 52.3 Å². The van der Waals surface area contributed by atoms with Crippen LogP contribution in [0.1, 0.15) is 0 Å². The number of rotatable bonds is 3. The van der Waals surface area contributed by atoms with Gasteiger partial charge >= 0.3 is 5.97 Å². The van der Waals surface area contributed by atoms with Crippen molar-refractivity contribution in [2.45, 2.75) is 6.04 Å². The molecular formula is C6H9NO2S. The SMILES string of the molecule is C#CCOC(=O)C(N)CS. The van der Waals surface area contributed by atoms with E-state index in [1.807, 2.05) is 0 Å². The van der Waals surface area contributed by atoms with E-state index in [0.717, 1.165) is 0 Å². The highest BCUT2D eigenvalue weighted by Gasteiger charge is 2.11. The maximum Gasteiger partial charge on any atom is 0.324 e. The molecule has 1 unspecified atom stereocenters. The molecule has 3 nitrogen and oxygen atoms in total. The predicted molar refractivity (Wildman–Crippen MR) is 41.6 cm³/mol. The summed E-state index contributed by atoms with van der Waals surface area (Å²) in [6, 6.07) is -0.670. The fraction of sp³-hybridized carbons (Fsp3) is 0.500. The van der Waals surface area contributed by atoms with Gasteiger partial charge in [0.2, 0.25) is 0 Å². The number of carbonyl (C=O) groups excluding carboxylic acids is 1. The van der Waals surface area contributed by atoms with E-state index in [4.69, 9.17) is 12.2 Å². The maximum absolute atomic E-state index is 10.6. The molecule has 0 amide bonds. The van der Waals surface area contributed by atoms with Crippen LogP contribution in [0.4, 0.5) is 0 Å². The molecule has 0 aliphatic carbocycles. The number of esters is 1. The Balaban J connectivity index is 3.54. The third kappa shape index (κ3) is 3.38. The van der Waals surface area contributed by atoms with E-state index < -0.39 is 12.0 Å². The smallest absolute Gasteiger partial charge is 0.324 e. The first kappa shape index (κ1) is 9.34. The highest BCUT2D eigenvalue weighted by atomic mass is 32.1. The predicted octanol–water partition coefficient (Wildman–Crippen LogP) is -0.580. The number of carbonyl (C=O) groups is 1. The van der Waals surface area contributed by atoms with Gasteiger partial charge in [0, 0.05) is 5.75 Å². The molecule has 10 heavy (non-hydrogen) atoms. The van der Waals surface area contributed by atoms with Gasteiger partial charge in [-0.15, -0.1) is 6.42 Å². The lowest BCUT2D eigenvalue weighted by Gasteiger charge is -2.05. The number of thiol groups is 1. The van der Waals surface area contributed by atoms with E-state index in [-0.39, 0.29) is 12.4 Å². The highest BCUT2D eigenvalue weighted by Crippen LogP contribution is 1.87. The molecule has 56 valence electrons. The molecule has 0 aliphatic rings. The molecule has 0 fully saturated rings. The first-order valence-corrected chi connectivity index (χ1v) is 3.32. The second-order valence-electron chi connectivity index (χ2n) is 1.60. The molecule has 2 N–H and O–H groups in total. The van der Waals surface area contributed by atoms with E-state index in [2.05, 4.69) is 23.3 Å². The molecule has 0 aliphatic heterocycles. The lowest BCUT2D eigenvalue weighted by Crippen LogP contribution is -2.33. The van der Waals surface area contributed by atoms with Gasteiger partial charge in [-0.3, -0.25) is 4.79 Å². The summed E-state index contributed by atoms with van der Waals surface area (Å²) < 4.78 is 4.49. The summed E-state index contributed by atoms with van der Waals surface area (Å²) in [4.78, 5) is 10.6. The van der Waals surface area contributed by atoms with Gasteiger partial charge in [0.25, 0.3) is 0 Å². The first-order chi connectivity index (χ1) is 4.72. The maximum atomic E-state index is 10.6. The molecule has 4 heteroatoms. The van der Waals surface area contributed by atoms with Crippen molar-refractivity contribution in [1.29, 1.82) is 0 Å². The average molecular weight is 159 g/mol. The number of hydrogen-bond donors (Lipinski definition) is 2. The summed E-state index contributed by atoms with van der Waals surface area (Å²) in [6.45, 7) is -0.0275. The lowest BCUT2D eigenvalue weighted by molar-refractivity contribution is -0.143. The van der Waals surface area contributed by atoms with Gasteiger partial charge in [-0.25, -0.2) is 0 Å². The second-order valence-corrected chi connectivity index (χ2v) is 1.97. The number of nitrogens with two attached hydrogens (primary N) is 1. The van der Waals surface area contributed by atoms with E-state index >= 15 is 0 Å². The van der Waals surface area contributed by atoms with Crippen LogP contribution in [-0.4, -0.2) is 24.4 Å². The van der Waals surface area contributed by atoms with Gasteiger partial charge in [0.1, 0.15) is 6.04 Å². The highest BCUT2D eigenvalue weighted by molar-refractivity contribution is 7.80. The Hall–Kier alpha value is -0.660. The van der Waals surface area contributed by atoms with Crippen molar-refractivity contribution in [3.8, 4) is 12.3 Å². The van der Waals surface area contributed by atoms with E-state index in [1.54, 1.807) is 0 Å². The summed E-state index contributed by atoms with van der Waals surface area (Å²) in [5.41, 5.74) is 5.24. The third-order valence-electron chi connectivity index (χ3n) is 0.797. The molecule has 0 heterocycles. The Morgan fingerprint density at radius 3 is 2.90 bits per heavy atom. The van der Waals surface area contributed by atoms with Crippen LogP contribution in [0.15, 0.2) is 0 Å². The van der Waals surface area contributed by atoms with Crippen molar-refractivity contribution in [2.24, 2.45) is 5.73 Å². The molecule has 0 radical (unpaired) electrons. The van der Waals surface area contributed by atoms with Crippen molar-refractivity contribution in [1.82, 2.24) is 0 Å². The minimum atomic E-state index is -0.670. The Morgan fingerprint density at radius 2 is 2.50 bits per heavy atom. The van der Waals surface area contributed by atoms with Crippen LogP contribution in [0.2, 0.25) is 0 Å². The largest absolute Gasteiger partial charge is 0.451 e. The minimum Gasteiger partial charge on any atom is -0.451 e. The van der Waals surface area contributed by atoms with Crippen LogP contribution >= 0.6 is 12.6 Å². The lowest BCUT2D eigenvalue weighted by atomic mass is 10.4.